The van der Waals surface area contributed by atoms with Crippen molar-refractivity contribution in [3.05, 3.63) is 59.7 Å². The van der Waals surface area contributed by atoms with Crippen molar-refractivity contribution in [3.63, 3.8) is 0 Å². The highest BCUT2D eigenvalue weighted by Crippen LogP contribution is 2.34. The van der Waals surface area contributed by atoms with E-state index in [-0.39, 0.29) is 23.6 Å². The Bertz CT molecular complexity index is 968. The normalized spacial score (nSPS) is 14.3. The standard InChI is InChI=1S/C19H20N2O5S/c1-13(15-6-9-17-18(11-15)26-12-25-17)21-19(22)10-5-14-3-7-16(8-4-14)27(23,24)20-2/h3-11,13,20H,12H2,1-2H3,(H,21,22)/b10-5+. The minimum absolute atomic E-state index is 0.169. The lowest BCUT2D eigenvalue weighted by atomic mass is 10.1. The number of amides is 1. The van der Waals surface area contributed by atoms with E-state index in [2.05, 4.69) is 10.0 Å². The van der Waals surface area contributed by atoms with Crippen LogP contribution in [0.4, 0.5) is 0 Å². The molecule has 2 N–H and O–H groups in total. The molecule has 0 fully saturated rings. The van der Waals surface area contributed by atoms with Gasteiger partial charge in [-0.05, 0) is 55.4 Å². The fourth-order valence-electron chi connectivity index (χ4n) is 2.58. The van der Waals surface area contributed by atoms with Crippen LogP contribution in [0.1, 0.15) is 24.1 Å². The van der Waals surface area contributed by atoms with Gasteiger partial charge in [0.1, 0.15) is 0 Å². The number of carbonyl (C=O) groups excluding carboxylic acids is 1. The van der Waals surface area contributed by atoms with Gasteiger partial charge < -0.3 is 14.8 Å². The van der Waals surface area contributed by atoms with Crippen molar-refractivity contribution in [2.75, 3.05) is 13.8 Å². The van der Waals surface area contributed by atoms with Gasteiger partial charge in [-0.1, -0.05) is 18.2 Å². The number of sulfonamides is 1. The first kappa shape index (κ1) is 18.9. The van der Waals surface area contributed by atoms with Crippen LogP contribution >= 0.6 is 0 Å². The van der Waals surface area contributed by atoms with Gasteiger partial charge in [0, 0.05) is 6.08 Å². The zero-order valence-corrected chi connectivity index (χ0v) is 15.7. The van der Waals surface area contributed by atoms with Gasteiger partial charge in [0.2, 0.25) is 22.7 Å². The number of hydrogen-bond acceptors (Lipinski definition) is 5. The van der Waals surface area contributed by atoms with Crippen molar-refractivity contribution in [2.24, 2.45) is 0 Å². The monoisotopic (exact) mass is 388 g/mol. The lowest BCUT2D eigenvalue weighted by Gasteiger charge is -2.13. The molecule has 1 heterocycles. The SMILES string of the molecule is CNS(=O)(=O)c1ccc(/C=C/C(=O)NC(C)c2ccc3c(c2)OCO3)cc1. The lowest BCUT2D eigenvalue weighted by Crippen LogP contribution is -2.24. The molecule has 8 heteroatoms. The topological polar surface area (TPSA) is 93.7 Å². The summed E-state index contributed by atoms with van der Waals surface area (Å²) in [4.78, 5) is 12.3. The summed E-state index contributed by atoms with van der Waals surface area (Å²) < 4.78 is 36.3. The molecule has 1 aliphatic heterocycles. The van der Waals surface area contributed by atoms with Crippen LogP contribution in [-0.2, 0) is 14.8 Å². The maximum atomic E-state index is 12.1. The molecule has 0 saturated carbocycles. The first-order valence-corrected chi connectivity index (χ1v) is 9.79. The van der Waals surface area contributed by atoms with Crippen LogP contribution in [0, 0.1) is 0 Å². The molecule has 3 rings (SSSR count). The van der Waals surface area contributed by atoms with E-state index in [1.54, 1.807) is 18.2 Å². The summed E-state index contributed by atoms with van der Waals surface area (Å²) in [6.07, 6.45) is 3.03. The molecule has 1 amide bonds. The Morgan fingerprint density at radius 3 is 2.52 bits per heavy atom. The fourth-order valence-corrected chi connectivity index (χ4v) is 3.31. The van der Waals surface area contributed by atoms with Crippen LogP contribution in [0.25, 0.3) is 6.08 Å². The third-order valence-electron chi connectivity index (χ3n) is 4.14. The van der Waals surface area contributed by atoms with Gasteiger partial charge >= 0.3 is 0 Å². The van der Waals surface area contributed by atoms with Crippen LogP contribution in [0.15, 0.2) is 53.4 Å². The highest BCUT2D eigenvalue weighted by Gasteiger charge is 2.16. The van der Waals surface area contributed by atoms with Gasteiger partial charge in [-0.2, -0.15) is 0 Å². The number of carbonyl (C=O) groups is 1. The molecule has 1 unspecified atom stereocenters. The number of fused-ring (bicyclic) bond motifs is 1. The Balaban J connectivity index is 1.61. The molecule has 2 aromatic rings. The zero-order chi connectivity index (χ0) is 19.4. The second-order valence-electron chi connectivity index (χ2n) is 5.95. The molecular formula is C19H20N2O5S. The van der Waals surface area contributed by atoms with Gasteiger partial charge in [0.05, 0.1) is 10.9 Å². The molecule has 27 heavy (non-hydrogen) atoms. The molecule has 7 nitrogen and oxygen atoms in total. The Hall–Kier alpha value is -2.84. The van der Waals surface area contributed by atoms with Crippen molar-refractivity contribution >= 4 is 22.0 Å². The fraction of sp³-hybridized carbons (Fsp3) is 0.211. The highest BCUT2D eigenvalue weighted by molar-refractivity contribution is 7.89. The molecule has 1 atom stereocenters. The number of ether oxygens (including phenoxy) is 2. The van der Waals surface area contributed by atoms with Crippen molar-refractivity contribution in [2.45, 2.75) is 17.9 Å². The Kier molecular flexibility index (Phi) is 5.48. The summed E-state index contributed by atoms with van der Waals surface area (Å²) >= 11 is 0. The summed E-state index contributed by atoms with van der Waals surface area (Å²) in [5.74, 6) is 1.11. The zero-order valence-electron chi connectivity index (χ0n) is 14.9. The van der Waals surface area contributed by atoms with Crippen molar-refractivity contribution in [3.8, 4) is 11.5 Å². The molecule has 1 aliphatic rings. The highest BCUT2D eigenvalue weighted by atomic mass is 32.2. The quantitative estimate of drug-likeness (QED) is 0.740. The van der Waals surface area contributed by atoms with E-state index in [1.807, 2.05) is 25.1 Å². The Morgan fingerprint density at radius 2 is 1.81 bits per heavy atom. The van der Waals surface area contributed by atoms with E-state index in [9.17, 15) is 13.2 Å². The maximum absolute atomic E-state index is 12.1. The third-order valence-corrected chi connectivity index (χ3v) is 5.57. The van der Waals surface area contributed by atoms with Crippen LogP contribution in [0.2, 0.25) is 0 Å². The second kappa shape index (κ2) is 7.81. The lowest BCUT2D eigenvalue weighted by molar-refractivity contribution is -0.117. The first-order chi connectivity index (χ1) is 12.9. The summed E-state index contributed by atoms with van der Waals surface area (Å²) in [6.45, 7) is 2.08. The van der Waals surface area contributed by atoms with Gasteiger partial charge in [0.25, 0.3) is 0 Å². The molecule has 0 bridgehead atoms. The number of benzene rings is 2. The van der Waals surface area contributed by atoms with E-state index in [0.29, 0.717) is 11.5 Å². The Morgan fingerprint density at radius 1 is 1.11 bits per heavy atom. The number of rotatable bonds is 6. The molecule has 0 aromatic heterocycles. The first-order valence-electron chi connectivity index (χ1n) is 8.31. The number of nitrogens with one attached hydrogen (secondary N) is 2. The van der Waals surface area contributed by atoms with E-state index in [1.165, 1.54) is 25.3 Å². The third kappa shape index (κ3) is 4.47. The molecule has 0 aliphatic carbocycles. The van der Waals surface area contributed by atoms with Gasteiger partial charge in [0.15, 0.2) is 11.5 Å². The van der Waals surface area contributed by atoms with Crippen molar-refractivity contribution < 1.29 is 22.7 Å². The molecule has 0 saturated heterocycles. The van der Waals surface area contributed by atoms with Gasteiger partial charge in [-0.15, -0.1) is 0 Å². The summed E-state index contributed by atoms with van der Waals surface area (Å²) in [5.41, 5.74) is 1.62. The predicted molar refractivity (Wildman–Crippen MR) is 101 cm³/mol. The second-order valence-corrected chi connectivity index (χ2v) is 7.84. The molecular weight excluding hydrogens is 368 g/mol. The largest absolute Gasteiger partial charge is 0.454 e. The van der Waals surface area contributed by atoms with Crippen LogP contribution in [-0.4, -0.2) is 28.2 Å². The summed E-state index contributed by atoms with van der Waals surface area (Å²) in [5, 5.41) is 2.87. The minimum Gasteiger partial charge on any atom is -0.454 e. The number of hydrogen-bond donors (Lipinski definition) is 2. The molecule has 0 radical (unpaired) electrons. The van der Waals surface area contributed by atoms with Crippen molar-refractivity contribution in [1.82, 2.24) is 10.0 Å². The molecule has 142 valence electrons. The Labute approximate surface area is 158 Å². The average molecular weight is 388 g/mol. The van der Waals surface area contributed by atoms with Crippen LogP contribution in [0.3, 0.4) is 0 Å². The summed E-state index contributed by atoms with van der Waals surface area (Å²) in [6, 6.07) is 11.6. The van der Waals surface area contributed by atoms with Gasteiger partial charge in [-0.25, -0.2) is 13.1 Å². The van der Waals surface area contributed by atoms with Crippen molar-refractivity contribution in [1.29, 1.82) is 0 Å². The van der Waals surface area contributed by atoms with E-state index in [4.69, 9.17) is 9.47 Å². The molecule has 0 spiro atoms. The van der Waals surface area contributed by atoms with E-state index in [0.717, 1.165) is 11.1 Å². The predicted octanol–water partition coefficient (Wildman–Crippen LogP) is 2.21. The smallest absolute Gasteiger partial charge is 0.244 e. The van der Waals surface area contributed by atoms with E-state index >= 15 is 0 Å². The summed E-state index contributed by atoms with van der Waals surface area (Å²) in [7, 11) is -2.11. The van der Waals surface area contributed by atoms with E-state index < -0.39 is 10.0 Å². The van der Waals surface area contributed by atoms with Crippen LogP contribution < -0.4 is 19.5 Å². The maximum Gasteiger partial charge on any atom is 0.244 e. The van der Waals surface area contributed by atoms with Gasteiger partial charge in [-0.3, -0.25) is 4.79 Å². The average Bonchev–Trinajstić information content (AvgIpc) is 3.14. The molecule has 2 aromatic carbocycles. The minimum atomic E-state index is -3.47. The van der Waals surface area contributed by atoms with Crippen LogP contribution in [0.5, 0.6) is 11.5 Å².